The molecule has 0 saturated carbocycles. The first-order valence-electron chi connectivity index (χ1n) is 6.08. The lowest BCUT2D eigenvalue weighted by molar-refractivity contribution is 0.102. The van der Waals surface area contributed by atoms with Crippen molar-refractivity contribution in [3.05, 3.63) is 29.0 Å². The smallest absolute Gasteiger partial charge is 0.260 e. The number of rotatable bonds is 3. The van der Waals surface area contributed by atoms with Crippen LogP contribution in [-0.2, 0) is 13.5 Å². The number of amides is 1. The standard InChI is InChI=1S/C13H18N4OS/c1-13(2,3)5-10-8-19-12(15-10)16-11(18)9-6-14-17(4)7-9/h6-8H,5H2,1-4H3,(H,15,16,18). The molecule has 0 unspecified atom stereocenters. The Morgan fingerprint density at radius 3 is 2.79 bits per heavy atom. The number of nitrogens with one attached hydrogen (secondary N) is 1. The lowest BCUT2D eigenvalue weighted by Gasteiger charge is -2.15. The van der Waals surface area contributed by atoms with Crippen molar-refractivity contribution < 1.29 is 4.79 Å². The Kier molecular flexibility index (Phi) is 3.71. The molecule has 1 amide bonds. The number of nitrogens with zero attached hydrogens (tertiary/aromatic N) is 3. The summed E-state index contributed by atoms with van der Waals surface area (Å²) in [6, 6.07) is 0. The third-order valence-corrected chi connectivity index (χ3v) is 3.26. The molecular formula is C13H18N4OS. The molecule has 2 aromatic heterocycles. The van der Waals surface area contributed by atoms with Crippen LogP contribution in [0.2, 0.25) is 0 Å². The van der Waals surface area contributed by atoms with Gasteiger partial charge < -0.3 is 0 Å². The van der Waals surface area contributed by atoms with Crippen LogP contribution in [-0.4, -0.2) is 20.7 Å². The molecule has 2 aromatic rings. The van der Waals surface area contributed by atoms with Gasteiger partial charge in [0, 0.05) is 18.6 Å². The number of hydrogen-bond donors (Lipinski definition) is 1. The molecule has 6 heteroatoms. The SMILES string of the molecule is Cn1cc(C(=O)Nc2nc(CC(C)(C)C)cs2)cn1. The zero-order valence-electron chi connectivity index (χ0n) is 11.6. The van der Waals surface area contributed by atoms with Crippen LogP contribution in [0, 0.1) is 5.41 Å². The van der Waals surface area contributed by atoms with E-state index in [1.807, 2.05) is 5.38 Å². The largest absolute Gasteiger partial charge is 0.298 e. The van der Waals surface area contributed by atoms with E-state index in [4.69, 9.17) is 0 Å². The summed E-state index contributed by atoms with van der Waals surface area (Å²) in [5.41, 5.74) is 1.74. The molecule has 19 heavy (non-hydrogen) atoms. The topological polar surface area (TPSA) is 59.8 Å². The fraction of sp³-hybridized carbons (Fsp3) is 0.462. The number of thiazole rings is 1. The maximum absolute atomic E-state index is 11.9. The average Bonchev–Trinajstić information content (AvgIpc) is 2.85. The summed E-state index contributed by atoms with van der Waals surface area (Å²) in [5, 5.41) is 9.39. The molecule has 0 atom stereocenters. The van der Waals surface area contributed by atoms with E-state index in [1.54, 1.807) is 24.1 Å². The molecule has 0 saturated heterocycles. The number of aromatic nitrogens is 3. The van der Waals surface area contributed by atoms with Gasteiger partial charge in [0.25, 0.3) is 5.91 Å². The van der Waals surface area contributed by atoms with E-state index in [0.29, 0.717) is 10.7 Å². The van der Waals surface area contributed by atoms with Gasteiger partial charge >= 0.3 is 0 Å². The number of carbonyl (C=O) groups excluding carboxylic acids is 1. The van der Waals surface area contributed by atoms with Crippen LogP contribution in [0.4, 0.5) is 5.13 Å². The van der Waals surface area contributed by atoms with Crippen molar-refractivity contribution in [2.75, 3.05) is 5.32 Å². The number of aryl methyl sites for hydroxylation is 1. The predicted molar refractivity (Wildman–Crippen MR) is 76.4 cm³/mol. The van der Waals surface area contributed by atoms with E-state index in [9.17, 15) is 4.79 Å². The summed E-state index contributed by atoms with van der Waals surface area (Å²) in [7, 11) is 1.78. The fourth-order valence-electron chi connectivity index (χ4n) is 1.70. The Labute approximate surface area is 116 Å². The molecule has 0 aromatic carbocycles. The highest BCUT2D eigenvalue weighted by Crippen LogP contribution is 2.24. The minimum Gasteiger partial charge on any atom is -0.298 e. The minimum absolute atomic E-state index is 0.176. The van der Waals surface area contributed by atoms with Gasteiger partial charge in [0.1, 0.15) is 0 Å². The van der Waals surface area contributed by atoms with Gasteiger partial charge in [0.05, 0.1) is 17.5 Å². The minimum atomic E-state index is -0.176. The van der Waals surface area contributed by atoms with Crippen molar-refractivity contribution in [1.82, 2.24) is 14.8 Å². The Bertz CT molecular complexity index is 579. The van der Waals surface area contributed by atoms with E-state index in [-0.39, 0.29) is 11.3 Å². The number of carbonyl (C=O) groups is 1. The van der Waals surface area contributed by atoms with Gasteiger partial charge in [-0.3, -0.25) is 14.8 Å². The van der Waals surface area contributed by atoms with Gasteiger partial charge in [-0.05, 0) is 11.8 Å². The van der Waals surface area contributed by atoms with Crippen LogP contribution >= 0.6 is 11.3 Å². The predicted octanol–water partition coefficient (Wildman–Crippen LogP) is 2.72. The summed E-state index contributed by atoms with van der Waals surface area (Å²) < 4.78 is 1.60. The van der Waals surface area contributed by atoms with Crippen LogP contribution in [0.5, 0.6) is 0 Å². The maximum Gasteiger partial charge on any atom is 0.260 e. The molecule has 0 bridgehead atoms. The average molecular weight is 278 g/mol. The molecule has 5 nitrogen and oxygen atoms in total. The third kappa shape index (κ3) is 3.89. The van der Waals surface area contributed by atoms with Crippen molar-refractivity contribution in [1.29, 1.82) is 0 Å². The van der Waals surface area contributed by atoms with E-state index in [1.165, 1.54) is 11.3 Å². The summed E-state index contributed by atoms with van der Waals surface area (Å²) >= 11 is 1.45. The molecule has 2 rings (SSSR count). The third-order valence-electron chi connectivity index (χ3n) is 2.45. The van der Waals surface area contributed by atoms with Gasteiger partial charge in [-0.25, -0.2) is 4.98 Å². The van der Waals surface area contributed by atoms with Crippen molar-refractivity contribution in [3.8, 4) is 0 Å². The molecular weight excluding hydrogens is 260 g/mol. The molecule has 0 aliphatic carbocycles. The zero-order chi connectivity index (χ0) is 14.0. The second kappa shape index (κ2) is 5.13. The van der Waals surface area contributed by atoms with Crippen molar-refractivity contribution in [2.24, 2.45) is 12.5 Å². The Morgan fingerprint density at radius 2 is 2.21 bits per heavy atom. The number of anilines is 1. The normalized spacial score (nSPS) is 11.6. The van der Waals surface area contributed by atoms with Gasteiger partial charge in [-0.15, -0.1) is 11.3 Å². The Hall–Kier alpha value is -1.69. The summed E-state index contributed by atoms with van der Waals surface area (Å²) in [6.07, 6.45) is 4.12. The summed E-state index contributed by atoms with van der Waals surface area (Å²) in [4.78, 5) is 16.4. The first-order chi connectivity index (χ1) is 8.83. The molecule has 2 heterocycles. The molecule has 0 radical (unpaired) electrons. The fourth-order valence-corrected chi connectivity index (χ4v) is 2.40. The van der Waals surface area contributed by atoms with Crippen LogP contribution < -0.4 is 5.32 Å². The monoisotopic (exact) mass is 278 g/mol. The Morgan fingerprint density at radius 1 is 1.47 bits per heavy atom. The summed E-state index contributed by atoms with van der Waals surface area (Å²) in [5.74, 6) is -0.176. The molecule has 0 fully saturated rings. The van der Waals surface area contributed by atoms with Gasteiger partial charge in [-0.2, -0.15) is 5.10 Å². The molecule has 102 valence electrons. The van der Waals surface area contributed by atoms with Gasteiger partial charge in [-0.1, -0.05) is 20.8 Å². The van der Waals surface area contributed by atoms with E-state index < -0.39 is 0 Å². The summed E-state index contributed by atoms with van der Waals surface area (Å²) in [6.45, 7) is 6.50. The maximum atomic E-state index is 11.9. The molecule has 0 aliphatic rings. The van der Waals surface area contributed by atoms with E-state index in [2.05, 4.69) is 36.2 Å². The zero-order valence-corrected chi connectivity index (χ0v) is 12.4. The lowest BCUT2D eigenvalue weighted by Crippen LogP contribution is -2.12. The molecule has 0 spiro atoms. The highest BCUT2D eigenvalue weighted by atomic mass is 32.1. The van der Waals surface area contributed by atoms with Gasteiger partial charge in [0.15, 0.2) is 5.13 Å². The number of hydrogen-bond acceptors (Lipinski definition) is 4. The lowest BCUT2D eigenvalue weighted by atomic mass is 9.91. The Balaban J connectivity index is 2.02. The van der Waals surface area contributed by atoms with Crippen LogP contribution in [0.15, 0.2) is 17.8 Å². The van der Waals surface area contributed by atoms with Crippen molar-refractivity contribution in [2.45, 2.75) is 27.2 Å². The first kappa shape index (κ1) is 13.7. The van der Waals surface area contributed by atoms with Crippen LogP contribution in [0.3, 0.4) is 0 Å². The van der Waals surface area contributed by atoms with E-state index in [0.717, 1.165) is 12.1 Å². The first-order valence-corrected chi connectivity index (χ1v) is 6.96. The second-order valence-electron chi connectivity index (χ2n) is 5.74. The van der Waals surface area contributed by atoms with Crippen LogP contribution in [0.1, 0.15) is 36.8 Å². The second-order valence-corrected chi connectivity index (χ2v) is 6.60. The van der Waals surface area contributed by atoms with Crippen molar-refractivity contribution in [3.63, 3.8) is 0 Å². The molecule has 0 aliphatic heterocycles. The quantitative estimate of drug-likeness (QED) is 0.939. The highest BCUT2D eigenvalue weighted by Gasteiger charge is 2.15. The van der Waals surface area contributed by atoms with Gasteiger partial charge in [0.2, 0.25) is 0 Å². The van der Waals surface area contributed by atoms with Crippen LogP contribution in [0.25, 0.3) is 0 Å². The molecule has 1 N–H and O–H groups in total. The van der Waals surface area contributed by atoms with E-state index >= 15 is 0 Å². The van der Waals surface area contributed by atoms with Crippen molar-refractivity contribution >= 4 is 22.4 Å². The highest BCUT2D eigenvalue weighted by molar-refractivity contribution is 7.13.